The highest BCUT2D eigenvalue weighted by Crippen LogP contribution is 2.23. The van der Waals surface area contributed by atoms with Crippen LogP contribution in [0.4, 0.5) is 5.69 Å². The van der Waals surface area contributed by atoms with E-state index in [1.165, 1.54) is 25.3 Å². The van der Waals surface area contributed by atoms with E-state index in [1.54, 1.807) is 0 Å². The lowest BCUT2D eigenvalue weighted by Gasteiger charge is -2.40. The summed E-state index contributed by atoms with van der Waals surface area (Å²) in [5.74, 6) is 0. The van der Waals surface area contributed by atoms with Gasteiger partial charge < -0.3 is 10.2 Å². The molecule has 0 amide bonds. The largest absolute Gasteiger partial charge is 0.369 e. The fraction of sp³-hybridized carbons (Fsp3) is 0.600. The molecule has 0 aliphatic carbocycles. The van der Waals surface area contributed by atoms with Gasteiger partial charge >= 0.3 is 0 Å². The number of piperazine rings is 1. The summed E-state index contributed by atoms with van der Waals surface area (Å²) in [5.41, 5.74) is 1.37. The van der Waals surface area contributed by atoms with E-state index < -0.39 is 0 Å². The van der Waals surface area contributed by atoms with Gasteiger partial charge in [-0.1, -0.05) is 18.2 Å². The molecule has 19 heavy (non-hydrogen) atoms. The smallest absolute Gasteiger partial charge is 0.0367 e. The van der Waals surface area contributed by atoms with Crippen LogP contribution in [-0.4, -0.2) is 61.7 Å². The van der Waals surface area contributed by atoms with Gasteiger partial charge in [0.2, 0.25) is 0 Å². The van der Waals surface area contributed by atoms with E-state index in [4.69, 9.17) is 0 Å². The molecule has 4 heteroatoms. The molecule has 2 aliphatic heterocycles. The van der Waals surface area contributed by atoms with Crippen molar-refractivity contribution in [1.29, 1.82) is 0 Å². The number of nitrogens with zero attached hydrogens (tertiary/aromatic N) is 2. The summed E-state index contributed by atoms with van der Waals surface area (Å²) in [5, 5.41) is 4.30. The second-order valence-corrected chi connectivity index (χ2v) is 6.44. The first kappa shape index (κ1) is 13.3. The fourth-order valence-corrected chi connectivity index (χ4v) is 4.06. The van der Waals surface area contributed by atoms with E-state index in [1.807, 2.05) is 11.8 Å². The third-order valence-electron chi connectivity index (χ3n) is 4.34. The Bertz CT molecular complexity index is 390. The zero-order valence-corrected chi connectivity index (χ0v) is 12.4. The Morgan fingerprint density at radius 3 is 2.47 bits per heavy atom. The van der Waals surface area contributed by atoms with Crippen molar-refractivity contribution in [1.82, 2.24) is 10.2 Å². The molecular formula is C15H23N3S. The highest BCUT2D eigenvalue weighted by atomic mass is 32.2. The van der Waals surface area contributed by atoms with Crippen molar-refractivity contribution in [2.75, 3.05) is 50.4 Å². The van der Waals surface area contributed by atoms with Crippen molar-refractivity contribution >= 4 is 17.4 Å². The zero-order chi connectivity index (χ0) is 13.1. The van der Waals surface area contributed by atoms with Gasteiger partial charge in [-0.05, 0) is 18.4 Å². The standard InChI is InChI=1S/C15H23N3S/c1-19-15-12-16-11-14(15)18-9-7-17(8-10-18)13-5-3-2-4-6-13/h2-6,14-16H,7-12H2,1H3. The molecule has 0 spiro atoms. The Balaban J connectivity index is 1.58. The molecule has 1 N–H and O–H groups in total. The third-order valence-corrected chi connectivity index (χ3v) is 5.42. The molecular weight excluding hydrogens is 254 g/mol. The van der Waals surface area contributed by atoms with Gasteiger partial charge in [-0.2, -0.15) is 11.8 Å². The van der Waals surface area contributed by atoms with E-state index in [9.17, 15) is 0 Å². The molecule has 0 radical (unpaired) electrons. The Labute approximate surface area is 120 Å². The molecule has 2 atom stereocenters. The van der Waals surface area contributed by atoms with Gasteiger partial charge in [-0.15, -0.1) is 0 Å². The maximum Gasteiger partial charge on any atom is 0.0367 e. The van der Waals surface area contributed by atoms with Crippen LogP contribution < -0.4 is 10.2 Å². The van der Waals surface area contributed by atoms with Gasteiger partial charge in [0.1, 0.15) is 0 Å². The number of thioether (sulfide) groups is 1. The summed E-state index contributed by atoms with van der Waals surface area (Å²) in [6.07, 6.45) is 2.24. The Hall–Kier alpha value is -0.710. The van der Waals surface area contributed by atoms with E-state index >= 15 is 0 Å². The van der Waals surface area contributed by atoms with Crippen molar-refractivity contribution in [3.05, 3.63) is 30.3 Å². The lowest BCUT2D eigenvalue weighted by molar-refractivity contribution is 0.200. The SMILES string of the molecule is CSC1CNCC1N1CCN(c2ccccc2)CC1. The van der Waals surface area contributed by atoms with Crippen LogP contribution in [0.5, 0.6) is 0 Å². The van der Waals surface area contributed by atoms with Crippen LogP contribution >= 0.6 is 11.8 Å². The van der Waals surface area contributed by atoms with Crippen LogP contribution in [0.3, 0.4) is 0 Å². The molecule has 0 aromatic heterocycles. The molecule has 2 fully saturated rings. The van der Waals surface area contributed by atoms with Gasteiger partial charge in [0, 0.05) is 56.2 Å². The molecule has 2 aliphatic rings. The molecule has 2 saturated heterocycles. The first-order valence-electron chi connectivity index (χ1n) is 7.16. The van der Waals surface area contributed by atoms with Crippen molar-refractivity contribution in [2.45, 2.75) is 11.3 Å². The lowest BCUT2D eigenvalue weighted by Crippen LogP contribution is -2.53. The Morgan fingerprint density at radius 1 is 1.05 bits per heavy atom. The first-order chi connectivity index (χ1) is 9.38. The molecule has 3 rings (SSSR count). The van der Waals surface area contributed by atoms with Crippen LogP contribution in [-0.2, 0) is 0 Å². The monoisotopic (exact) mass is 277 g/mol. The number of rotatable bonds is 3. The van der Waals surface area contributed by atoms with Crippen LogP contribution in [0, 0.1) is 0 Å². The summed E-state index contributed by atoms with van der Waals surface area (Å²) in [6, 6.07) is 11.5. The van der Waals surface area contributed by atoms with Gasteiger partial charge in [0.15, 0.2) is 0 Å². The summed E-state index contributed by atoms with van der Waals surface area (Å²) in [7, 11) is 0. The molecule has 1 aromatic carbocycles. The summed E-state index contributed by atoms with van der Waals surface area (Å²) >= 11 is 2.01. The van der Waals surface area contributed by atoms with Crippen molar-refractivity contribution < 1.29 is 0 Å². The maximum atomic E-state index is 3.54. The zero-order valence-electron chi connectivity index (χ0n) is 11.6. The van der Waals surface area contributed by atoms with Crippen LogP contribution in [0.15, 0.2) is 30.3 Å². The van der Waals surface area contributed by atoms with Crippen molar-refractivity contribution in [3.63, 3.8) is 0 Å². The molecule has 2 heterocycles. The van der Waals surface area contributed by atoms with Gasteiger partial charge in [-0.3, -0.25) is 4.90 Å². The summed E-state index contributed by atoms with van der Waals surface area (Å²) in [4.78, 5) is 5.19. The summed E-state index contributed by atoms with van der Waals surface area (Å²) in [6.45, 7) is 7.03. The number of benzene rings is 1. The highest BCUT2D eigenvalue weighted by Gasteiger charge is 2.33. The molecule has 104 valence electrons. The second-order valence-electron chi connectivity index (χ2n) is 5.36. The lowest BCUT2D eigenvalue weighted by atomic mass is 10.1. The summed E-state index contributed by atoms with van der Waals surface area (Å²) < 4.78 is 0. The third kappa shape index (κ3) is 2.91. The quantitative estimate of drug-likeness (QED) is 0.902. The number of hydrogen-bond donors (Lipinski definition) is 1. The Morgan fingerprint density at radius 2 is 1.79 bits per heavy atom. The molecule has 0 saturated carbocycles. The molecule has 0 bridgehead atoms. The second kappa shape index (κ2) is 6.16. The number of anilines is 1. The minimum absolute atomic E-state index is 0.730. The minimum Gasteiger partial charge on any atom is -0.369 e. The van der Waals surface area contributed by atoms with E-state index in [0.29, 0.717) is 0 Å². The van der Waals surface area contributed by atoms with Crippen LogP contribution in [0.2, 0.25) is 0 Å². The number of hydrogen-bond acceptors (Lipinski definition) is 4. The highest BCUT2D eigenvalue weighted by molar-refractivity contribution is 7.99. The van der Waals surface area contributed by atoms with E-state index in [2.05, 4.69) is 51.7 Å². The van der Waals surface area contributed by atoms with Gasteiger partial charge in [-0.25, -0.2) is 0 Å². The fourth-order valence-electron chi connectivity index (χ4n) is 3.20. The van der Waals surface area contributed by atoms with E-state index in [0.717, 1.165) is 30.9 Å². The number of nitrogens with one attached hydrogen (secondary N) is 1. The average molecular weight is 277 g/mol. The van der Waals surface area contributed by atoms with Gasteiger partial charge in [0.25, 0.3) is 0 Å². The number of para-hydroxylation sites is 1. The first-order valence-corrected chi connectivity index (χ1v) is 8.45. The predicted molar refractivity (Wildman–Crippen MR) is 84.2 cm³/mol. The minimum atomic E-state index is 0.730. The maximum absolute atomic E-state index is 3.54. The Kier molecular flexibility index (Phi) is 4.31. The molecule has 1 aromatic rings. The predicted octanol–water partition coefficient (Wildman–Crippen LogP) is 1.51. The molecule has 3 nitrogen and oxygen atoms in total. The van der Waals surface area contributed by atoms with Crippen molar-refractivity contribution in [3.8, 4) is 0 Å². The topological polar surface area (TPSA) is 18.5 Å². The van der Waals surface area contributed by atoms with Crippen molar-refractivity contribution in [2.24, 2.45) is 0 Å². The average Bonchev–Trinajstić information content (AvgIpc) is 2.97. The van der Waals surface area contributed by atoms with Crippen LogP contribution in [0.1, 0.15) is 0 Å². The van der Waals surface area contributed by atoms with Crippen LogP contribution in [0.25, 0.3) is 0 Å². The normalized spacial score (nSPS) is 28.8. The van der Waals surface area contributed by atoms with Gasteiger partial charge in [0.05, 0.1) is 0 Å². The van der Waals surface area contributed by atoms with E-state index in [-0.39, 0.29) is 0 Å². The molecule has 2 unspecified atom stereocenters.